The molecule has 0 aliphatic rings. The number of hydrogen-bond donors (Lipinski definition) is 1. The molecule has 1 aromatic rings. The van der Waals surface area contributed by atoms with E-state index in [0.717, 1.165) is 6.07 Å². The number of halogens is 4. The number of rotatable bonds is 2. The maximum absolute atomic E-state index is 13.0. The lowest BCUT2D eigenvalue weighted by atomic mass is 9.98. The van der Waals surface area contributed by atoms with Crippen LogP contribution in [0.25, 0.3) is 0 Å². The Labute approximate surface area is 136 Å². The number of carbonyl (C=O) groups excluding carboxylic acids is 1. The number of hydrogen-bond acceptors (Lipinski definition) is 2. The fraction of sp³-hybridized carbons (Fsp3) is 0.533. The predicted molar refractivity (Wildman–Crippen MR) is 81.7 cm³/mol. The molecule has 0 saturated heterocycles. The van der Waals surface area contributed by atoms with Gasteiger partial charge in [0.1, 0.15) is 6.10 Å². The molecule has 1 atom stereocenters. The lowest BCUT2D eigenvalue weighted by Crippen LogP contribution is -2.41. The van der Waals surface area contributed by atoms with Crippen molar-refractivity contribution in [2.45, 2.75) is 52.4 Å². The van der Waals surface area contributed by atoms with Crippen molar-refractivity contribution < 1.29 is 22.7 Å². The number of nitrogens with one attached hydrogen (secondary N) is 1. The van der Waals surface area contributed by atoms with Crippen molar-refractivity contribution in [3.8, 4) is 0 Å². The minimum atomic E-state index is -4.46. The minimum absolute atomic E-state index is 0.0479. The maximum atomic E-state index is 13.0. The van der Waals surface area contributed by atoms with Crippen molar-refractivity contribution in [2.75, 3.05) is 0 Å². The fourth-order valence-electron chi connectivity index (χ4n) is 1.98. The fourth-order valence-corrected chi connectivity index (χ4v) is 2.45. The number of benzene rings is 1. The topological polar surface area (TPSA) is 38.3 Å². The summed E-state index contributed by atoms with van der Waals surface area (Å²) in [6, 6.07) is 2.54. The van der Waals surface area contributed by atoms with Gasteiger partial charge in [0.15, 0.2) is 0 Å². The highest BCUT2D eigenvalue weighted by molar-refractivity contribution is 9.10. The Morgan fingerprint density at radius 3 is 2.27 bits per heavy atom. The first-order valence-corrected chi connectivity index (χ1v) is 7.46. The third kappa shape index (κ3) is 5.19. The zero-order valence-corrected chi connectivity index (χ0v) is 14.6. The third-order valence-electron chi connectivity index (χ3n) is 2.92. The van der Waals surface area contributed by atoms with Crippen LogP contribution in [-0.4, -0.2) is 11.6 Å². The molecule has 3 nitrogen and oxygen atoms in total. The van der Waals surface area contributed by atoms with Gasteiger partial charge in [-0.25, -0.2) is 4.79 Å². The summed E-state index contributed by atoms with van der Waals surface area (Å²) in [4.78, 5) is 11.8. The largest absolute Gasteiger partial charge is 0.442 e. The van der Waals surface area contributed by atoms with Crippen LogP contribution in [0, 0.1) is 6.92 Å². The van der Waals surface area contributed by atoms with E-state index in [1.807, 2.05) is 0 Å². The zero-order chi connectivity index (χ0) is 17.3. The average molecular weight is 382 g/mol. The molecule has 0 aliphatic heterocycles. The van der Waals surface area contributed by atoms with Crippen LogP contribution < -0.4 is 5.32 Å². The van der Waals surface area contributed by atoms with Gasteiger partial charge in [-0.15, -0.1) is 0 Å². The van der Waals surface area contributed by atoms with E-state index < -0.39 is 29.5 Å². The molecule has 22 heavy (non-hydrogen) atoms. The first kappa shape index (κ1) is 18.8. The second-order valence-corrected chi connectivity index (χ2v) is 7.00. The van der Waals surface area contributed by atoms with Crippen LogP contribution in [0.4, 0.5) is 18.0 Å². The molecule has 0 aliphatic carbocycles. The summed E-state index contributed by atoms with van der Waals surface area (Å²) >= 11 is 3.07. The number of alkyl halides is 3. The van der Waals surface area contributed by atoms with Gasteiger partial charge < -0.3 is 10.1 Å². The van der Waals surface area contributed by atoms with E-state index in [-0.39, 0.29) is 10.0 Å². The molecule has 0 aromatic heterocycles. The van der Waals surface area contributed by atoms with E-state index in [2.05, 4.69) is 21.2 Å². The minimum Gasteiger partial charge on any atom is -0.442 e. The average Bonchev–Trinajstić information content (AvgIpc) is 2.27. The molecular weight excluding hydrogens is 363 g/mol. The van der Waals surface area contributed by atoms with Crippen molar-refractivity contribution >= 4 is 22.0 Å². The van der Waals surface area contributed by atoms with Gasteiger partial charge in [0.2, 0.25) is 0 Å². The summed E-state index contributed by atoms with van der Waals surface area (Å²) in [5.41, 5.74) is -0.874. The summed E-state index contributed by atoms with van der Waals surface area (Å²) in [6.07, 6.45) is -5.94. The normalized spacial score (nSPS) is 13.7. The van der Waals surface area contributed by atoms with Crippen LogP contribution >= 0.6 is 15.9 Å². The molecule has 0 unspecified atom stereocenters. The Kier molecular flexibility index (Phi) is 5.54. The molecule has 7 heteroatoms. The molecule has 0 bridgehead atoms. The number of carbonyl (C=O) groups is 1. The van der Waals surface area contributed by atoms with E-state index in [9.17, 15) is 18.0 Å². The van der Waals surface area contributed by atoms with Gasteiger partial charge in [-0.1, -0.05) is 15.9 Å². The Bertz CT molecular complexity index is 565. The van der Waals surface area contributed by atoms with Crippen molar-refractivity contribution in [3.63, 3.8) is 0 Å². The SMILES string of the molecule is Cc1c([C@@H](C)OC(=O)NC(C)(C)C)cc(Br)cc1C(F)(F)F. The zero-order valence-electron chi connectivity index (χ0n) is 13.1. The molecule has 1 rings (SSSR count). The standard InChI is InChI=1S/C15H19BrF3NO2/c1-8-11(6-10(16)7-12(8)15(17,18)19)9(2)22-13(21)20-14(3,4)5/h6-7,9H,1-5H3,(H,20,21)/t9-/m1/s1. The van der Waals surface area contributed by atoms with Crippen LogP contribution in [0.3, 0.4) is 0 Å². The van der Waals surface area contributed by atoms with E-state index in [0.29, 0.717) is 5.56 Å². The van der Waals surface area contributed by atoms with Crippen LogP contribution in [0.15, 0.2) is 16.6 Å². The number of ether oxygens (including phenoxy) is 1. The molecule has 1 N–H and O–H groups in total. The van der Waals surface area contributed by atoms with Crippen LogP contribution in [-0.2, 0) is 10.9 Å². The second kappa shape index (κ2) is 6.48. The summed E-state index contributed by atoms with van der Waals surface area (Å²) in [5.74, 6) is 0. The lowest BCUT2D eigenvalue weighted by Gasteiger charge is -2.24. The predicted octanol–water partition coefficient (Wildman–Crippen LogP) is 5.36. The first-order valence-electron chi connectivity index (χ1n) is 6.67. The lowest BCUT2D eigenvalue weighted by molar-refractivity contribution is -0.138. The molecule has 124 valence electrons. The summed E-state index contributed by atoms with van der Waals surface area (Å²) in [7, 11) is 0. The van der Waals surface area contributed by atoms with E-state index in [4.69, 9.17) is 4.74 Å². The van der Waals surface area contributed by atoms with Gasteiger partial charge in [0, 0.05) is 10.0 Å². The molecule has 0 spiro atoms. The van der Waals surface area contributed by atoms with E-state index >= 15 is 0 Å². The third-order valence-corrected chi connectivity index (χ3v) is 3.37. The van der Waals surface area contributed by atoms with Crippen molar-refractivity contribution in [1.29, 1.82) is 0 Å². The molecular formula is C15H19BrF3NO2. The van der Waals surface area contributed by atoms with E-state index in [1.54, 1.807) is 20.8 Å². The highest BCUT2D eigenvalue weighted by Gasteiger charge is 2.34. The molecule has 0 saturated carbocycles. The molecule has 0 heterocycles. The van der Waals surface area contributed by atoms with Crippen molar-refractivity contribution in [2.24, 2.45) is 0 Å². The van der Waals surface area contributed by atoms with E-state index in [1.165, 1.54) is 19.9 Å². The van der Waals surface area contributed by atoms with Gasteiger partial charge in [-0.3, -0.25) is 0 Å². The Morgan fingerprint density at radius 1 is 1.27 bits per heavy atom. The highest BCUT2D eigenvalue weighted by Crippen LogP contribution is 2.37. The summed E-state index contributed by atoms with van der Waals surface area (Å²) < 4.78 is 44.5. The number of alkyl carbamates (subject to hydrolysis) is 1. The second-order valence-electron chi connectivity index (χ2n) is 6.09. The Hall–Kier alpha value is -1.24. The Balaban J connectivity index is 3.06. The van der Waals surface area contributed by atoms with Gasteiger partial charge in [0.05, 0.1) is 5.56 Å². The summed E-state index contributed by atoms with van der Waals surface area (Å²) in [5, 5.41) is 2.60. The highest BCUT2D eigenvalue weighted by atomic mass is 79.9. The van der Waals surface area contributed by atoms with Gasteiger partial charge in [-0.05, 0) is 57.9 Å². The smallest absolute Gasteiger partial charge is 0.416 e. The van der Waals surface area contributed by atoms with Gasteiger partial charge >= 0.3 is 12.3 Å². The molecule has 0 fully saturated rings. The molecule has 1 aromatic carbocycles. The van der Waals surface area contributed by atoms with Gasteiger partial charge in [0.25, 0.3) is 0 Å². The Morgan fingerprint density at radius 2 is 1.82 bits per heavy atom. The van der Waals surface area contributed by atoms with Crippen LogP contribution in [0.2, 0.25) is 0 Å². The molecule has 1 amide bonds. The van der Waals surface area contributed by atoms with Crippen LogP contribution in [0.5, 0.6) is 0 Å². The van der Waals surface area contributed by atoms with Crippen molar-refractivity contribution in [1.82, 2.24) is 5.32 Å². The van der Waals surface area contributed by atoms with Gasteiger partial charge in [-0.2, -0.15) is 13.2 Å². The molecule has 0 radical (unpaired) electrons. The number of amides is 1. The monoisotopic (exact) mass is 381 g/mol. The summed E-state index contributed by atoms with van der Waals surface area (Å²) in [6.45, 7) is 8.25. The van der Waals surface area contributed by atoms with Crippen molar-refractivity contribution in [3.05, 3.63) is 33.3 Å². The maximum Gasteiger partial charge on any atom is 0.416 e. The quantitative estimate of drug-likeness (QED) is 0.748. The van der Waals surface area contributed by atoms with Crippen LogP contribution in [0.1, 0.15) is 50.5 Å². The first-order chi connectivity index (χ1) is 9.81.